The van der Waals surface area contributed by atoms with E-state index in [0.29, 0.717) is 11.1 Å². The van der Waals surface area contributed by atoms with Gasteiger partial charge in [0.15, 0.2) is 0 Å². The molecule has 0 saturated heterocycles. The molecule has 0 aliphatic rings. The molecule has 0 spiro atoms. The highest BCUT2D eigenvalue weighted by Gasteiger charge is 2.33. The van der Waals surface area contributed by atoms with Crippen LogP contribution in [-0.2, 0) is 12.1 Å². The second-order valence-electron chi connectivity index (χ2n) is 4.23. The van der Waals surface area contributed by atoms with Gasteiger partial charge in [0, 0.05) is 11.4 Å². The summed E-state index contributed by atoms with van der Waals surface area (Å²) in [6, 6.07) is 6.78. The fourth-order valence-electron chi connectivity index (χ4n) is 1.90. The van der Waals surface area contributed by atoms with Crippen molar-refractivity contribution in [2.75, 3.05) is 0 Å². The normalized spacial score (nSPS) is 11.8. The van der Waals surface area contributed by atoms with Gasteiger partial charge in [-0.3, -0.25) is 0 Å². The Kier molecular flexibility index (Phi) is 4.99. The summed E-state index contributed by atoms with van der Waals surface area (Å²) in [7, 11) is 0. The van der Waals surface area contributed by atoms with Crippen molar-refractivity contribution >= 4 is 46.4 Å². The standard InChI is InChI=1S/C14H7Cl4F3/c15-6-8-5-7(1-3-10(8)14(19,20)21)9-2-4-11(16)13(18)12(9)17/h1-5H,6H2. The van der Waals surface area contributed by atoms with Crippen molar-refractivity contribution in [3.05, 3.63) is 56.5 Å². The molecule has 2 aromatic carbocycles. The molecule has 0 radical (unpaired) electrons. The van der Waals surface area contributed by atoms with Crippen LogP contribution in [0.3, 0.4) is 0 Å². The van der Waals surface area contributed by atoms with Crippen molar-refractivity contribution in [3.63, 3.8) is 0 Å². The van der Waals surface area contributed by atoms with E-state index in [0.717, 1.165) is 6.07 Å². The summed E-state index contributed by atoms with van der Waals surface area (Å²) >= 11 is 23.5. The molecular formula is C14H7Cl4F3. The lowest BCUT2D eigenvalue weighted by atomic mass is 9.99. The fraction of sp³-hybridized carbons (Fsp3) is 0.143. The predicted octanol–water partition coefficient (Wildman–Crippen LogP) is 7.07. The third-order valence-corrected chi connectivity index (χ3v) is 4.48. The third kappa shape index (κ3) is 3.42. The lowest BCUT2D eigenvalue weighted by Crippen LogP contribution is -2.08. The van der Waals surface area contributed by atoms with E-state index in [4.69, 9.17) is 46.4 Å². The predicted molar refractivity (Wildman–Crippen MR) is 81.5 cm³/mol. The highest BCUT2D eigenvalue weighted by molar-refractivity contribution is 6.49. The SMILES string of the molecule is FC(F)(F)c1ccc(-c2ccc(Cl)c(Cl)c2Cl)cc1CCl. The van der Waals surface area contributed by atoms with Crippen molar-refractivity contribution in [2.45, 2.75) is 12.1 Å². The number of halogens is 7. The Bertz CT molecular complexity index is 681. The highest BCUT2D eigenvalue weighted by Crippen LogP contribution is 2.40. The quantitative estimate of drug-likeness (QED) is 0.390. The summed E-state index contributed by atoms with van der Waals surface area (Å²) in [6.07, 6.45) is -4.45. The molecule has 0 heterocycles. The molecule has 0 nitrogen and oxygen atoms in total. The fourth-order valence-corrected chi connectivity index (χ4v) is 2.76. The molecule has 0 aliphatic heterocycles. The van der Waals surface area contributed by atoms with Gasteiger partial charge >= 0.3 is 6.18 Å². The number of hydrogen-bond acceptors (Lipinski definition) is 0. The van der Waals surface area contributed by atoms with Crippen LogP contribution in [0.1, 0.15) is 11.1 Å². The first-order valence-electron chi connectivity index (χ1n) is 5.65. The monoisotopic (exact) mass is 372 g/mol. The zero-order valence-corrected chi connectivity index (χ0v) is 13.3. The zero-order chi connectivity index (χ0) is 15.8. The second-order valence-corrected chi connectivity index (χ2v) is 5.66. The van der Waals surface area contributed by atoms with Gasteiger partial charge in [0.1, 0.15) is 0 Å². The maximum Gasteiger partial charge on any atom is 0.416 e. The van der Waals surface area contributed by atoms with Gasteiger partial charge in [-0.05, 0) is 29.3 Å². The largest absolute Gasteiger partial charge is 0.416 e. The molecule has 7 heteroatoms. The molecule has 0 atom stereocenters. The Morgan fingerprint density at radius 1 is 0.905 bits per heavy atom. The molecule has 0 fully saturated rings. The first kappa shape index (κ1) is 16.8. The Morgan fingerprint density at radius 3 is 2.14 bits per heavy atom. The van der Waals surface area contributed by atoms with Crippen LogP contribution >= 0.6 is 46.4 Å². The Labute approximate surface area is 139 Å². The molecule has 0 saturated carbocycles. The lowest BCUT2D eigenvalue weighted by molar-refractivity contribution is -0.138. The van der Waals surface area contributed by atoms with Gasteiger partial charge in [0.05, 0.1) is 20.6 Å². The van der Waals surface area contributed by atoms with Crippen LogP contribution in [0.4, 0.5) is 13.2 Å². The minimum atomic E-state index is -4.45. The molecule has 112 valence electrons. The Morgan fingerprint density at radius 2 is 1.57 bits per heavy atom. The number of rotatable bonds is 2. The first-order valence-corrected chi connectivity index (χ1v) is 7.32. The number of alkyl halides is 4. The van der Waals surface area contributed by atoms with Crippen molar-refractivity contribution in [1.82, 2.24) is 0 Å². The second kappa shape index (κ2) is 6.25. The average molecular weight is 374 g/mol. The van der Waals surface area contributed by atoms with Crippen LogP contribution in [0.5, 0.6) is 0 Å². The van der Waals surface area contributed by atoms with Crippen LogP contribution in [-0.4, -0.2) is 0 Å². The maximum absolute atomic E-state index is 12.8. The van der Waals surface area contributed by atoms with E-state index in [2.05, 4.69) is 0 Å². The van der Waals surface area contributed by atoms with Gasteiger partial charge in [-0.1, -0.05) is 46.9 Å². The summed E-state index contributed by atoms with van der Waals surface area (Å²) in [5.74, 6) is -0.262. The average Bonchev–Trinajstić information content (AvgIpc) is 2.43. The van der Waals surface area contributed by atoms with E-state index in [-0.39, 0.29) is 26.5 Å². The lowest BCUT2D eigenvalue weighted by Gasteiger charge is -2.14. The van der Waals surface area contributed by atoms with E-state index in [1.54, 1.807) is 6.07 Å². The topological polar surface area (TPSA) is 0 Å². The minimum Gasteiger partial charge on any atom is -0.166 e. The number of benzene rings is 2. The van der Waals surface area contributed by atoms with Crippen molar-refractivity contribution in [1.29, 1.82) is 0 Å². The Balaban J connectivity index is 2.59. The smallest absolute Gasteiger partial charge is 0.166 e. The van der Waals surface area contributed by atoms with Gasteiger partial charge in [0.25, 0.3) is 0 Å². The molecule has 21 heavy (non-hydrogen) atoms. The molecule has 2 rings (SSSR count). The van der Waals surface area contributed by atoms with Gasteiger partial charge in [-0.25, -0.2) is 0 Å². The van der Waals surface area contributed by atoms with Crippen LogP contribution < -0.4 is 0 Å². The van der Waals surface area contributed by atoms with Gasteiger partial charge in [-0.2, -0.15) is 13.2 Å². The number of hydrogen-bond donors (Lipinski definition) is 0. The molecule has 0 bridgehead atoms. The highest BCUT2D eigenvalue weighted by atomic mass is 35.5. The van der Waals surface area contributed by atoms with Crippen LogP contribution in [0.15, 0.2) is 30.3 Å². The molecule has 0 aromatic heterocycles. The van der Waals surface area contributed by atoms with Crippen molar-refractivity contribution in [3.8, 4) is 11.1 Å². The molecule has 0 unspecified atom stereocenters. The van der Waals surface area contributed by atoms with Gasteiger partial charge in [-0.15, -0.1) is 11.6 Å². The minimum absolute atomic E-state index is 0.0243. The van der Waals surface area contributed by atoms with E-state index in [1.807, 2.05) is 0 Å². The zero-order valence-electron chi connectivity index (χ0n) is 10.2. The van der Waals surface area contributed by atoms with Crippen LogP contribution in [0.25, 0.3) is 11.1 Å². The van der Waals surface area contributed by atoms with Crippen LogP contribution in [0.2, 0.25) is 15.1 Å². The first-order chi connectivity index (χ1) is 9.75. The molecule has 2 aromatic rings. The summed E-state index contributed by atoms with van der Waals surface area (Å²) in [5.41, 5.74) is 0.189. The maximum atomic E-state index is 12.8. The summed E-state index contributed by atoms with van der Waals surface area (Å²) in [6.45, 7) is 0. The van der Waals surface area contributed by atoms with E-state index < -0.39 is 11.7 Å². The van der Waals surface area contributed by atoms with Crippen LogP contribution in [0, 0.1) is 0 Å². The summed E-state index contributed by atoms with van der Waals surface area (Å²) in [4.78, 5) is 0. The van der Waals surface area contributed by atoms with E-state index >= 15 is 0 Å². The molecular weight excluding hydrogens is 367 g/mol. The van der Waals surface area contributed by atoms with E-state index in [1.165, 1.54) is 18.2 Å². The molecule has 0 N–H and O–H groups in total. The third-order valence-electron chi connectivity index (χ3n) is 2.90. The van der Waals surface area contributed by atoms with Crippen molar-refractivity contribution in [2.24, 2.45) is 0 Å². The summed E-state index contributed by atoms with van der Waals surface area (Å²) < 4.78 is 38.5. The summed E-state index contributed by atoms with van der Waals surface area (Å²) in [5, 5.41) is 0.613. The van der Waals surface area contributed by atoms with Gasteiger partial charge < -0.3 is 0 Å². The molecule has 0 amide bonds. The molecule has 0 aliphatic carbocycles. The Hall–Kier alpha value is -0.610. The van der Waals surface area contributed by atoms with Crippen molar-refractivity contribution < 1.29 is 13.2 Å². The van der Waals surface area contributed by atoms with Gasteiger partial charge in [0.2, 0.25) is 0 Å². The van der Waals surface area contributed by atoms with E-state index in [9.17, 15) is 13.2 Å².